The van der Waals surface area contributed by atoms with Crippen LogP contribution in [0.25, 0.3) is 0 Å². The Morgan fingerprint density at radius 3 is 2.67 bits per heavy atom. The third-order valence-electron chi connectivity index (χ3n) is 4.37. The molecule has 1 aromatic carbocycles. The van der Waals surface area contributed by atoms with E-state index in [1.807, 2.05) is 18.2 Å². The number of rotatable bonds is 4. The lowest BCUT2D eigenvalue weighted by atomic mass is 9.92. The fourth-order valence-electron chi connectivity index (χ4n) is 2.92. The van der Waals surface area contributed by atoms with Gasteiger partial charge in [-0.05, 0) is 56.4 Å². The Morgan fingerprint density at radius 1 is 1.21 bits per heavy atom. The minimum absolute atomic E-state index is 0.102. The molecule has 1 aliphatic rings. The number of nitrogens with one attached hydrogen (secondary N) is 1. The Balaban J connectivity index is 1.50. The molecule has 1 aliphatic carbocycles. The molecule has 2 aromatic rings. The average molecular weight is 328 g/mol. The minimum atomic E-state index is -0.352. The van der Waals surface area contributed by atoms with Crippen LogP contribution in [0.4, 0.5) is 4.39 Å². The number of carbonyl (C=O) groups excluding carboxylic acids is 1. The van der Waals surface area contributed by atoms with E-state index in [1.54, 1.807) is 25.3 Å². The fraction of sp³-hybridized carbons (Fsp3) is 0.368. The molecule has 126 valence electrons. The second kappa shape index (κ2) is 7.43. The van der Waals surface area contributed by atoms with E-state index in [-0.39, 0.29) is 23.9 Å². The van der Waals surface area contributed by atoms with Crippen molar-refractivity contribution in [1.29, 1.82) is 0 Å². The summed E-state index contributed by atoms with van der Waals surface area (Å²) < 4.78 is 19.4. The van der Waals surface area contributed by atoms with Crippen LogP contribution in [-0.2, 0) is 0 Å². The molecule has 24 heavy (non-hydrogen) atoms. The lowest BCUT2D eigenvalue weighted by molar-refractivity contribution is 0.0889. The molecule has 3 rings (SSSR count). The van der Waals surface area contributed by atoms with Crippen molar-refractivity contribution in [2.75, 3.05) is 0 Å². The van der Waals surface area contributed by atoms with E-state index in [9.17, 15) is 9.18 Å². The van der Waals surface area contributed by atoms with Gasteiger partial charge in [0.2, 0.25) is 5.88 Å². The highest BCUT2D eigenvalue weighted by Gasteiger charge is 2.24. The highest BCUT2D eigenvalue weighted by Crippen LogP contribution is 2.23. The first-order chi connectivity index (χ1) is 11.6. The first-order valence-electron chi connectivity index (χ1n) is 8.26. The smallest absolute Gasteiger partial charge is 0.251 e. The van der Waals surface area contributed by atoms with E-state index in [1.165, 1.54) is 6.07 Å². The molecule has 0 spiro atoms. The topological polar surface area (TPSA) is 51.2 Å². The van der Waals surface area contributed by atoms with Gasteiger partial charge in [0.25, 0.3) is 5.91 Å². The Bertz CT molecular complexity index is 698. The first kappa shape index (κ1) is 16.4. The van der Waals surface area contributed by atoms with Crippen molar-refractivity contribution >= 4 is 5.91 Å². The van der Waals surface area contributed by atoms with Crippen molar-refractivity contribution in [2.24, 2.45) is 0 Å². The van der Waals surface area contributed by atoms with E-state index >= 15 is 0 Å². The van der Waals surface area contributed by atoms with Gasteiger partial charge in [0.15, 0.2) is 0 Å². The van der Waals surface area contributed by atoms with Gasteiger partial charge in [-0.3, -0.25) is 4.79 Å². The number of hydrogen-bond donors (Lipinski definition) is 1. The van der Waals surface area contributed by atoms with Crippen LogP contribution in [0, 0.1) is 12.7 Å². The largest absolute Gasteiger partial charge is 0.474 e. The van der Waals surface area contributed by atoms with E-state index in [4.69, 9.17) is 4.74 Å². The number of hydrogen-bond acceptors (Lipinski definition) is 3. The van der Waals surface area contributed by atoms with Crippen LogP contribution in [0.3, 0.4) is 0 Å². The molecule has 1 heterocycles. The highest BCUT2D eigenvalue weighted by atomic mass is 19.1. The van der Waals surface area contributed by atoms with Crippen molar-refractivity contribution in [1.82, 2.24) is 10.3 Å². The number of ether oxygens (including phenoxy) is 1. The number of carbonyl (C=O) groups is 1. The summed E-state index contributed by atoms with van der Waals surface area (Å²) in [4.78, 5) is 16.4. The van der Waals surface area contributed by atoms with Crippen molar-refractivity contribution in [3.63, 3.8) is 0 Å². The molecule has 1 aromatic heterocycles. The van der Waals surface area contributed by atoms with E-state index in [0.717, 1.165) is 25.7 Å². The van der Waals surface area contributed by atoms with Crippen LogP contribution in [0.2, 0.25) is 0 Å². The van der Waals surface area contributed by atoms with Crippen LogP contribution in [0.1, 0.15) is 41.6 Å². The average Bonchev–Trinajstić information content (AvgIpc) is 2.60. The molecule has 0 bridgehead atoms. The molecule has 1 N–H and O–H groups in total. The lowest BCUT2D eigenvalue weighted by Crippen LogP contribution is -2.39. The maximum absolute atomic E-state index is 13.6. The summed E-state index contributed by atoms with van der Waals surface area (Å²) in [5.41, 5.74) is 0.906. The van der Waals surface area contributed by atoms with Crippen LogP contribution in [0.5, 0.6) is 5.88 Å². The molecule has 1 saturated carbocycles. The highest BCUT2D eigenvalue weighted by molar-refractivity contribution is 5.94. The lowest BCUT2D eigenvalue weighted by Gasteiger charge is -2.29. The zero-order valence-corrected chi connectivity index (χ0v) is 13.7. The van der Waals surface area contributed by atoms with Gasteiger partial charge in [0, 0.05) is 23.9 Å². The molecule has 0 aliphatic heterocycles. The number of aryl methyl sites for hydroxylation is 1. The SMILES string of the molecule is Cc1ccc(C(=O)NC2CCC(Oc3ccccn3)CC2)cc1F. The summed E-state index contributed by atoms with van der Waals surface area (Å²) in [6.07, 6.45) is 5.26. The Labute approximate surface area is 141 Å². The van der Waals surface area contributed by atoms with Crippen LogP contribution in [-0.4, -0.2) is 23.0 Å². The molecular weight excluding hydrogens is 307 g/mol. The standard InChI is InChI=1S/C19H21FN2O2/c1-13-5-6-14(12-17(13)20)19(23)22-15-7-9-16(10-8-15)24-18-4-2-3-11-21-18/h2-6,11-12,15-16H,7-10H2,1H3,(H,22,23). The normalized spacial score (nSPS) is 20.4. The van der Waals surface area contributed by atoms with Crippen molar-refractivity contribution in [3.05, 3.63) is 59.5 Å². The van der Waals surface area contributed by atoms with E-state index in [0.29, 0.717) is 17.0 Å². The number of benzene rings is 1. The summed E-state index contributed by atoms with van der Waals surface area (Å²) in [6.45, 7) is 1.68. The maximum atomic E-state index is 13.6. The molecule has 0 atom stereocenters. The Morgan fingerprint density at radius 2 is 2.00 bits per heavy atom. The van der Waals surface area contributed by atoms with Crippen molar-refractivity contribution in [3.8, 4) is 5.88 Å². The van der Waals surface area contributed by atoms with Gasteiger partial charge in [0.1, 0.15) is 11.9 Å². The zero-order chi connectivity index (χ0) is 16.9. The first-order valence-corrected chi connectivity index (χ1v) is 8.26. The van der Waals surface area contributed by atoms with Gasteiger partial charge in [-0.15, -0.1) is 0 Å². The van der Waals surface area contributed by atoms with Crippen molar-refractivity contribution < 1.29 is 13.9 Å². The third-order valence-corrected chi connectivity index (χ3v) is 4.37. The number of pyridine rings is 1. The molecule has 0 unspecified atom stereocenters. The summed E-state index contributed by atoms with van der Waals surface area (Å²) >= 11 is 0. The molecule has 4 nitrogen and oxygen atoms in total. The molecular formula is C19H21FN2O2. The monoisotopic (exact) mass is 328 g/mol. The quantitative estimate of drug-likeness (QED) is 0.932. The van der Waals surface area contributed by atoms with Gasteiger partial charge in [0.05, 0.1) is 0 Å². The molecule has 1 amide bonds. The Hall–Kier alpha value is -2.43. The molecule has 0 saturated heterocycles. The van der Waals surface area contributed by atoms with Gasteiger partial charge < -0.3 is 10.1 Å². The molecule has 0 radical (unpaired) electrons. The molecule has 1 fully saturated rings. The summed E-state index contributed by atoms with van der Waals surface area (Å²) in [7, 11) is 0. The maximum Gasteiger partial charge on any atom is 0.251 e. The number of nitrogens with zero attached hydrogens (tertiary/aromatic N) is 1. The fourth-order valence-corrected chi connectivity index (χ4v) is 2.92. The van der Waals surface area contributed by atoms with Gasteiger partial charge in [-0.2, -0.15) is 0 Å². The van der Waals surface area contributed by atoms with Gasteiger partial charge in [-0.25, -0.2) is 9.37 Å². The van der Waals surface area contributed by atoms with Crippen molar-refractivity contribution in [2.45, 2.75) is 44.8 Å². The Kier molecular flexibility index (Phi) is 5.08. The predicted molar refractivity (Wildman–Crippen MR) is 89.5 cm³/mol. The third kappa shape index (κ3) is 4.10. The summed E-state index contributed by atoms with van der Waals surface area (Å²) in [6, 6.07) is 10.3. The van der Waals surface area contributed by atoms with E-state index in [2.05, 4.69) is 10.3 Å². The number of halogens is 1. The van der Waals surface area contributed by atoms with Gasteiger partial charge >= 0.3 is 0 Å². The number of amides is 1. The summed E-state index contributed by atoms with van der Waals surface area (Å²) in [5, 5.41) is 2.99. The molecule has 5 heteroatoms. The minimum Gasteiger partial charge on any atom is -0.474 e. The van der Waals surface area contributed by atoms with E-state index < -0.39 is 0 Å². The second-order valence-electron chi connectivity index (χ2n) is 6.20. The predicted octanol–water partition coefficient (Wildman–Crippen LogP) is 3.65. The summed E-state index contributed by atoms with van der Waals surface area (Å²) in [5.74, 6) is 0.0678. The van der Waals surface area contributed by atoms with Gasteiger partial charge in [-0.1, -0.05) is 12.1 Å². The second-order valence-corrected chi connectivity index (χ2v) is 6.20. The number of aromatic nitrogens is 1. The van der Waals surface area contributed by atoms with Crippen LogP contribution in [0.15, 0.2) is 42.6 Å². The zero-order valence-electron chi connectivity index (χ0n) is 13.7. The van der Waals surface area contributed by atoms with Crippen LogP contribution >= 0.6 is 0 Å². The van der Waals surface area contributed by atoms with Crippen LogP contribution < -0.4 is 10.1 Å².